The number of piperidine rings is 2. The molecule has 7 nitrogen and oxygen atoms in total. The van der Waals surface area contributed by atoms with Crippen LogP contribution in [0, 0.1) is 5.41 Å². The lowest BCUT2D eigenvalue weighted by molar-refractivity contribution is 0.0386. The second-order valence-corrected chi connectivity index (χ2v) is 13.0. The highest BCUT2D eigenvalue weighted by Crippen LogP contribution is 2.32. The summed E-state index contributed by atoms with van der Waals surface area (Å²) in [6.07, 6.45) is 5.78. The molecule has 0 bridgehead atoms. The van der Waals surface area contributed by atoms with Crippen LogP contribution >= 0.6 is 0 Å². The van der Waals surface area contributed by atoms with Gasteiger partial charge in [0.2, 0.25) is 0 Å². The second-order valence-electron chi connectivity index (χ2n) is 13.0. The van der Waals surface area contributed by atoms with Gasteiger partial charge >= 0.3 is 0 Å². The van der Waals surface area contributed by atoms with Gasteiger partial charge in [0, 0.05) is 49.9 Å². The summed E-state index contributed by atoms with van der Waals surface area (Å²) >= 11 is 0. The predicted molar refractivity (Wildman–Crippen MR) is 173 cm³/mol. The Morgan fingerprint density at radius 2 is 1.67 bits per heavy atom. The maximum absolute atomic E-state index is 11.7. The molecule has 1 aromatic heterocycles. The number of anilines is 3. The molecule has 3 aromatic carbocycles. The summed E-state index contributed by atoms with van der Waals surface area (Å²) in [7, 11) is 0. The maximum Gasteiger partial charge on any atom is 0.134 e. The molecule has 3 heterocycles. The monoisotopic (exact) mass is 564 g/mol. The van der Waals surface area contributed by atoms with Crippen LogP contribution in [0.2, 0.25) is 0 Å². The Hall–Kier alpha value is -3.68. The zero-order valence-electron chi connectivity index (χ0n) is 25.0. The lowest BCUT2D eigenvalue weighted by Crippen LogP contribution is -2.52. The summed E-state index contributed by atoms with van der Waals surface area (Å²) in [5.41, 5.74) is 3.25. The van der Waals surface area contributed by atoms with Gasteiger partial charge in [-0.15, -0.1) is 0 Å². The van der Waals surface area contributed by atoms with Crippen LogP contribution in [0.5, 0.6) is 0 Å². The van der Waals surface area contributed by atoms with E-state index in [2.05, 4.69) is 92.8 Å². The standard InChI is InChI=1S/C35H44N6O/c1-34(2)15-18-40(19-16-34)23-28-12-13-30-29(20-28)10-6-11-31(30)37-24-35(42)14-7-17-41(25-35)33-21-32(38-26-39-33)36-22-27-8-4-3-5-9-27/h3-6,8-13,20-21,26,37,42H,7,14-19,22-25H2,1-2H3,(H,36,38,39)/t35-/m1/s1. The van der Waals surface area contributed by atoms with E-state index in [1.54, 1.807) is 6.33 Å². The number of benzene rings is 3. The number of likely N-dealkylation sites (tertiary alicyclic amines) is 1. The molecule has 4 aromatic rings. The highest BCUT2D eigenvalue weighted by atomic mass is 16.3. The van der Waals surface area contributed by atoms with Gasteiger partial charge in [-0.2, -0.15) is 0 Å². The molecular weight excluding hydrogens is 520 g/mol. The van der Waals surface area contributed by atoms with Gasteiger partial charge < -0.3 is 20.6 Å². The van der Waals surface area contributed by atoms with Crippen LogP contribution in [0.4, 0.5) is 17.3 Å². The molecular formula is C35H44N6O. The molecule has 2 aliphatic heterocycles. The Bertz CT molecular complexity index is 1480. The van der Waals surface area contributed by atoms with Crippen molar-refractivity contribution in [2.45, 2.75) is 58.2 Å². The predicted octanol–water partition coefficient (Wildman–Crippen LogP) is 6.31. The lowest BCUT2D eigenvalue weighted by atomic mass is 9.82. The summed E-state index contributed by atoms with van der Waals surface area (Å²) in [5.74, 6) is 1.63. The first-order valence-electron chi connectivity index (χ1n) is 15.4. The number of nitrogens with zero attached hydrogens (tertiary/aromatic N) is 4. The Morgan fingerprint density at radius 3 is 2.50 bits per heavy atom. The average molecular weight is 565 g/mol. The Morgan fingerprint density at radius 1 is 0.833 bits per heavy atom. The van der Waals surface area contributed by atoms with Crippen LogP contribution in [-0.4, -0.2) is 58.3 Å². The Labute approximate surface area is 250 Å². The van der Waals surface area contributed by atoms with E-state index in [9.17, 15) is 5.11 Å². The molecule has 0 unspecified atom stereocenters. The van der Waals surface area contributed by atoms with E-state index in [1.165, 1.54) is 47.8 Å². The van der Waals surface area contributed by atoms with Crippen molar-refractivity contribution in [3.63, 3.8) is 0 Å². The molecule has 7 heteroatoms. The van der Waals surface area contributed by atoms with E-state index in [4.69, 9.17) is 0 Å². The molecule has 3 N–H and O–H groups in total. The molecule has 0 amide bonds. The third-order valence-electron chi connectivity index (χ3n) is 9.02. The molecule has 2 saturated heterocycles. The molecule has 0 spiro atoms. The van der Waals surface area contributed by atoms with E-state index in [-0.39, 0.29) is 0 Å². The van der Waals surface area contributed by atoms with Crippen LogP contribution in [0.15, 0.2) is 79.1 Å². The van der Waals surface area contributed by atoms with Crippen LogP contribution in [0.1, 0.15) is 50.7 Å². The minimum Gasteiger partial charge on any atom is -0.386 e. The normalized spacial score (nSPS) is 20.9. The second kappa shape index (κ2) is 12.3. The molecule has 0 radical (unpaired) electrons. The summed E-state index contributed by atoms with van der Waals surface area (Å²) < 4.78 is 0. The highest BCUT2D eigenvalue weighted by molar-refractivity contribution is 5.94. The fraction of sp³-hybridized carbons (Fsp3) is 0.429. The fourth-order valence-electron chi connectivity index (χ4n) is 6.28. The van der Waals surface area contributed by atoms with Gasteiger partial charge in [0.05, 0.1) is 5.60 Å². The molecule has 2 aliphatic rings. The van der Waals surface area contributed by atoms with Crippen LogP contribution in [-0.2, 0) is 13.1 Å². The third-order valence-corrected chi connectivity index (χ3v) is 9.02. The summed E-state index contributed by atoms with van der Waals surface area (Å²) in [6, 6.07) is 25.5. The topological polar surface area (TPSA) is 76.6 Å². The molecule has 220 valence electrons. The van der Waals surface area contributed by atoms with E-state index < -0.39 is 5.60 Å². The van der Waals surface area contributed by atoms with Gasteiger partial charge in [-0.3, -0.25) is 4.90 Å². The minimum absolute atomic E-state index is 0.470. The molecule has 0 saturated carbocycles. The maximum atomic E-state index is 11.7. The smallest absolute Gasteiger partial charge is 0.134 e. The van der Waals surface area contributed by atoms with Crippen molar-refractivity contribution in [3.05, 3.63) is 90.3 Å². The van der Waals surface area contributed by atoms with Crippen LogP contribution in [0.25, 0.3) is 10.8 Å². The van der Waals surface area contributed by atoms with Gasteiger partial charge in [-0.1, -0.05) is 68.4 Å². The largest absolute Gasteiger partial charge is 0.386 e. The van der Waals surface area contributed by atoms with Gasteiger partial charge in [0.15, 0.2) is 0 Å². The number of fused-ring (bicyclic) bond motifs is 1. The zero-order valence-corrected chi connectivity index (χ0v) is 25.0. The summed E-state index contributed by atoms with van der Waals surface area (Å²) in [5, 5.41) is 21.1. The average Bonchev–Trinajstić information content (AvgIpc) is 3.01. The first kappa shape index (κ1) is 28.4. The molecule has 42 heavy (non-hydrogen) atoms. The number of nitrogens with one attached hydrogen (secondary N) is 2. The van der Waals surface area contributed by atoms with E-state index in [0.29, 0.717) is 25.0 Å². The number of hydrogen-bond acceptors (Lipinski definition) is 7. The summed E-state index contributed by atoms with van der Waals surface area (Å²) in [6.45, 7) is 10.7. The number of hydrogen-bond donors (Lipinski definition) is 3. The molecule has 0 aliphatic carbocycles. The third kappa shape index (κ3) is 7.02. The van der Waals surface area contributed by atoms with Crippen molar-refractivity contribution < 1.29 is 5.11 Å². The first-order chi connectivity index (χ1) is 20.3. The van der Waals surface area contributed by atoms with E-state index >= 15 is 0 Å². The van der Waals surface area contributed by atoms with E-state index in [1.807, 2.05) is 24.3 Å². The quantitative estimate of drug-likeness (QED) is 0.220. The van der Waals surface area contributed by atoms with Crippen LogP contribution < -0.4 is 15.5 Å². The number of β-amino-alcohol motifs (C(OH)–C–C–N with tert-alkyl or cyclic N) is 1. The lowest BCUT2D eigenvalue weighted by Gasteiger charge is -2.40. The fourth-order valence-corrected chi connectivity index (χ4v) is 6.28. The molecule has 2 fully saturated rings. The van der Waals surface area contributed by atoms with Crippen molar-refractivity contribution in [2.24, 2.45) is 5.41 Å². The minimum atomic E-state index is -0.856. The van der Waals surface area contributed by atoms with Gasteiger partial charge in [-0.25, -0.2) is 9.97 Å². The van der Waals surface area contributed by atoms with Crippen molar-refractivity contribution in [1.82, 2.24) is 14.9 Å². The van der Waals surface area contributed by atoms with Crippen molar-refractivity contribution in [1.29, 1.82) is 0 Å². The van der Waals surface area contributed by atoms with Gasteiger partial charge in [0.25, 0.3) is 0 Å². The SMILES string of the molecule is CC1(C)CCN(Cc2ccc3c(NC[C@]4(O)CCCN(c5cc(NCc6ccccc6)ncn5)C4)cccc3c2)CC1. The molecule has 6 rings (SSSR count). The number of rotatable bonds is 9. The molecule has 1 atom stereocenters. The highest BCUT2D eigenvalue weighted by Gasteiger charge is 2.34. The van der Waals surface area contributed by atoms with Crippen molar-refractivity contribution >= 4 is 28.1 Å². The Kier molecular flexibility index (Phi) is 8.31. The zero-order chi connectivity index (χ0) is 29.0. The summed E-state index contributed by atoms with van der Waals surface area (Å²) in [4.78, 5) is 13.7. The van der Waals surface area contributed by atoms with Gasteiger partial charge in [0.1, 0.15) is 18.0 Å². The number of aromatic nitrogens is 2. The first-order valence-corrected chi connectivity index (χ1v) is 15.4. The van der Waals surface area contributed by atoms with E-state index in [0.717, 1.165) is 43.3 Å². The van der Waals surface area contributed by atoms with Crippen molar-refractivity contribution in [3.8, 4) is 0 Å². The van der Waals surface area contributed by atoms with Crippen LogP contribution in [0.3, 0.4) is 0 Å². The van der Waals surface area contributed by atoms with Crippen molar-refractivity contribution in [2.75, 3.05) is 48.3 Å². The Balaban J connectivity index is 1.08. The van der Waals surface area contributed by atoms with Gasteiger partial charge in [-0.05, 0) is 72.8 Å². The number of aliphatic hydroxyl groups is 1.